The van der Waals surface area contributed by atoms with E-state index in [2.05, 4.69) is 25.8 Å². The van der Waals surface area contributed by atoms with Gasteiger partial charge >= 0.3 is 0 Å². The third-order valence-electron chi connectivity index (χ3n) is 2.96. The average Bonchev–Trinajstić information content (AvgIpc) is 2.66. The molecule has 1 aromatic rings. The summed E-state index contributed by atoms with van der Waals surface area (Å²) in [6, 6.07) is 0. The largest absolute Gasteiger partial charge is 0.290 e. The topological polar surface area (TPSA) is 34.9 Å². The summed E-state index contributed by atoms with van der Waals surface area (Å²) in [6.45, 7) is 6.47. The normalized spacial score (nSPS) is 20.4. The molecular formula is C12H18N2OS2. The number of thioether (sulfide) groups is 2. The van der Waals surface area contributed by atoms with Crippen LogP contribution in [0.2, 0.25) is 0 Å². The van der Waals surface area contributed by atoms with E-state index in [0.717, 1.165) is 28.6 Å². The fourth-order valence-electron chi connectivity index (χ4n) is 1.74. The van der Waals surface area contributed by atoms with E-state index < -0.39 is 0 Å². The van der Waals surface area contributed by atoms with Gasteiger partial charge in [-0.1, -0.05) is 32.5 Å². The minimum Gasteiger partial charge on any atom is -0.290 e. The predicted octanol–water partition coefficient (Wildman–Crippen LogP) is 2.71. The molecule has 2 atom stereocenters. The van der Waals surface area contributed by atoms with Crippen LogP contribution in [0.25, 0.3) is 0 Å². The van der Waals surface area contributed by atoms with Crippen LogP contribution in [-0.4, -0.2) is 20.1 Å². The smallest absolute Gasteiger partial charge is 0.267 e. The van der Waals surface area contributed by atoms with Crippen LogP contribution in [0.4, 0.5) is 0 Å². The summed E-state index contributed by atoms with van der Waals surface area (Å²) in [4.78, 5) is 17.7. The summed E-state index contributed by atoms with van der Waals surface area (Å²) in [7, 11) is 1.82. The second kappa shape index (κ2) is 5.06. The van der Waals surface area contributed by atoms with Gasteiger partial charge in [0.05, 0.1) is 10.6 Å². The fraction of sp³-hybridized carbons (Fsp3) is 0.667. The Morgan fingerprint density at radius 3 is 3.00 bits per heavy atom. The molecule has 0 N–H and O–H groups in total. The molecular weight excluding hydrogens is 252 g/mol. The van der Waals surface area contributed by atoms with Gasteiger partial charge in [0.25, 0.3) is 5.56 Å². The van der Waals surface area contributed by atoms with Crippen LogP contribution < -0.4 is 5.56 Å². The van der Waals surface area contributed by atoms with Crippen molar-refractivity contribution in [2.75, 3.05) is 0 Å². The number of nitrogens with zero attached hydrogens (tertiary/aromatic N) is 2. The monoisotopic (exact) mass is 270 g/mol. The molecule has 0 saturated carbocycles. The van der Waals surface area contributed by atoms with Crippen LogP contribution in [0.3, 0.4) is 0 Å². The first-order chi connectivity index (χ1) is 8.02. The average molecular weight is 270 g/mol. The Bertz CT molecular complexity index is 484. The highest BCUT2D eigenvalue weighted by atomic mass is 32.2. The second-order valence-corrected chi connectivity index (χ2v) is 7.36. The molecule has 5 heteroatoms. The van der Waals surface area contributed by atoms with Crippen LogP contribution in [0.5, 0.6) is 0 Å². The molecule has 2 rings (SSSR count). The molecule has 0 spiro atoms. The molecule has 0 saturated heterocycles. The van der Waals surface area contributed by atoms with Crippen molar-refractivity contribution in [2.24, 2.45) is 7.05 Å². The molecule has 0 radical (unpaired) electrons. The summed E-state index contributed by atoms with van der Waals surface area (Å²) in [5, 5.41) is 1.84. The van der Waals surface area contributed by atoms with Crippen LogP contribution >= 0.6 is 23.5 Å². The summed E-state index contributed by atoms with van der Waals surface area (Å²) >= 11 is 3.35. The molecule has 1 aromatic heterocycles. The molecule has 94 valence electrons. The van der Waals surface area contributed by atoms with Crippen molar-refractivity contribution in [3.63, 3.8) is 0 Å². The van der Waals surface area contributed by atoms with Gasteiger partial charge in [-0.25, -0.2) is 4.98 Å². The van der Waals surface area contributed by atoms with Gasteiger partial charge in [0, 0.05) is 24.0 Å². The Morgan fingerprint density at radius 2 is 2.35 bits per heavy atom. The van der Waals surface area contributed by atoms with E-state index in [1.165, 1.54) is 0 Å². The molecule has 0 amide bonds. The lowest BCUT2D eigenvalue weighted by Gasteiger charge is -2.12. The van der Waals surface area contributed by atoms with Crippen molar-refractivity contribution < 1.29 is 0 Å². The van der Waals surface area contributed by atoms with Gasteiger partial charge in [-0.2, -0.15) is 0 Å². The standard InChI is InChI=1S/C12H18N2OS2/c1-5-7(2)17-12-13-9-6-8(3)16-10(9)11(15)14(12)4/h7-8H,5-6H2,1-4H3/t7-,8-/m0/s1. The van der Waals surface area contributed by atoms with E-state index in [1.54, 1.807) is 28.1 Å². The molecule has 17 heavy (non-hydrogen) atoms. The molecule has 1 aliphatic rings. The van der Waals surface area contributed by atoms with Gasteiger partial charge in [0.15, 0.2) is 5.16 Å². The Balaban J connectivity index is 2.40. The van der Waals surface area contributed by atoms with Crippen LogP contribution in [0.1, 0.15) is 32.9 Å². The van der Waals surface area contributed by atoms with Crippen LogP contribution in [-0.2, 0) is 13.5 Å². The Hall–Kier alpha value is -0.420. The van der Waals surface area contributed by atoms with Crippen molar-refractivity contribution in [1.29, 1.82) is 0 Å². The van der Waals surface area contributed by atoms with Crippen molar-refractivity contribution in [1.82, 2.24) is 9.55 Å². The minimum atomic E-state index is 0.121. The summed E-state index contributed by atoms with van der Waals surface area (Å²) in [6.07, 6.45) is 2.01. The van der Waals surface area contributed by atoms with Crippen LogP contribution in [0, 0.1) is 0 Å². The Labute approximate surface area is 110 Å². The number of hydrogen-bond acceptors (Lipinski definition) is 4. The van der Waals surface area contributed by atoms with E-state index in [0.29, 0.717) is 10.5 Å². The van der Waals surface area contributed by atoms with E-state index in [9.17, 15) is 4.79 Å². The first-order valence-corrected chi connectivity index (χ1v) is 7.72. The molecule has 0 bridgehead atoms. The highest BCUT2D eigenvalue weighted by Gasteiger charge is 2.25. The zero-order chi connectivity index (χ0) is 12.6. The molecule has 1 aliphatic heterocycles. The number of fused-ring (bicyclic) bond motifs is 1. The van der Waals surface area contributed by atoms with Gasteiger partial charge in [-0.05, 0) is 6.42 Å². The summed E-state index contributed by atoms with van der Waals surface area (Å²) in [5.74, 6) is 0. The minimum absolute atomic E-state index is 0.121. The zero-order valence-corrected chi connectivity index (χ0v) is 12.3. The lowest BCUT2D eigenvalue weighted by molar-refractivity contribution is 0.662. The maximum Gasteiger partial charge on any atom is 0.267 e. The Morgan fingerprint density at radius 1 is 1.65 bits per heavy atom. The van der Waals surface area contributed by atoms with Crippen molar-refractivity contribution in [3.8, 4) is 0 Å². The van der Waals surface area contributed by atoms with Crippen molar-refractivity contribution >= 4 is 23.5 Å². The summed E-state index contributed by atoms with van der Waals surface area (Å²) < 4.78 is 1.70. The van der Waals surface area contributed by atoms with Crippen LogP contribution in [0.15, 0.2) is 14.8 Å². The van der Waals surface area contributed by atoms with E-state index in [1.807, 2.05) is 7.05 Å². The maximum atomic E-state index is 12.2. The highest BCUT2D eigenvalue weighted by Crippen LogP contribution is 2.34. The fourth-order valence-corrected chi connectivity index (χ4v) is 3.82. The first-order valence-electron chi connectivity index (χ1n) is 5.96. The van der Waals surface area contributed by atoms with E-state index >= 15 is 0 Å². The first kappa shape index (κ1) is 13.0. The lowest BCUT2D eigenvalue weighted by Crippen LogP contribution is -2.22. The van der Waals surface area contributed by atoms with E-state index in [-0.39, 0.29) is 5.56 Å². The quantitative estimate of drug-likeness (QED) is 0.625. The highest BCUT2D eigenvalue weighted by molar-refractivity contribution is 8.00. The zero-order valence-electron chi connectivity index (χ0n) is 10.7. The van der Waals surface area contributed by atoms with Gasteiger partial charge in [-0.3, -0.25) is 9.36 Å². The van der Waals surface area contributed by atoms with Crippen molar-refractivity contribution in [3.05, 3.63) is 16.0 Å². The molecule has 3 nitrogen and oxygen atoms in total. The Kier molecular flexibility index (Phi) is 3.88. The maximum absolute atomic E-state index is 12.2. The molecule has 2 heterocycles. The van der Waals surface area contributed by atoms with Gasteiger partial charge in [0.1, 0.15) is 0 Å². The number of hydrogen-bond donors (Lipinski definition) is 0. The molecule has 0 aromatic carbocycles. The van der Waals surface area contributed by atoms with Gasteiger partial charge in [-0.15, -0.1) is 11.8 Å². The third kappa shape index (κ3) is 2.55. The number of aromatic nitrogens is 2. The summed E-state index contributed by atoms with van der Waals surface area (Å²) in [5.41, 5.74) is 1.12. The predicted molar refractivity (Wildman–Crippen MR) is 74.1 cm³/mol. The number of rotatable bonds is 3. The lowest BCUT2D eigenvalue weighted by atomic mass is 10.2. The SMILES string of the molecule is CC[C@H](C)Sc1nc2c(c(=O)n1C)S[C@@H](C)C2. The van der Waals surface area contributed by atoms with E-state index in [4.69, 9.17) is 0 Å². The molecule has 0 unspecified atom stereocenters. The molecule has 0 aliphatic carbocycles. The van der Waals surface area contributed by atoms with Gasteiger partial charge < -0.3 is 0 Å². The molecule has 0 fully saturated rings. The third-order valence-corrected chi connectivity index (χ3v) is 5.49. The van der Waals surface area contributed by atoms with Crippen molar-refractivity contribution in [2.45, 2.75) is 54.2 Å². The second-order valence-electron chi connectivity index (χ2n) is 4.50. The van der Waals surface area contributed by atoms with Gasteiger partial charge in [0.2, 0.25) is 0 Å².